The molecule has 1 aromatic rings. The Morgan fingerprint density at radius 1 is 1.29 bits per heavy atom. The van der Waals surface area contributed by atoms with Gasteiger partial charge in [0.15, 0.2) is 0 Å². The second-order valence-corrected chi connectivity index (χ2v) is 6.84. The van der Waals surface area contributed by atoms with Crippen LogP contribution in [0.15, 0.2) is 24.3 Å². The van der Waals surface area contributed by atoms with Gasteiger partial charge in [-0.2, -0.15) is 0 Å². The Kier molecular flexibility index (Phi) is 6.37. The lowest BCUT2D eigenvalue weighted by atomic mass is 9.87. The molecular weight excluding hydrogens is 304 g/mol. The third-order valence-electron chi connectivity index (χ3n) is 4.74. The Balaban J connectivity index is 2.05. The summed E-state index contributed by atoms with van der Waals surface area (Å²) in [5, 5.41) is 2.80. The van der Waals surface area contributed by atoms with Crippen LogP contribution in [0.5, 0.6) is 0 Å². The molecule has 1 aliphatic rings. The van der Waals surface area contributed by atoms with Crippen molar-refractivity contribution in [1.29, 1.82) is 0 Å². The van der Waals surface area contributed by atoms with Crippen molar-refractivity contribution in [3.8, 4) is 0 Å². The number of aryl methyl sites for hydroxylation is 1. The van der Waals surface area contributed by atoms with E-state index < -0.39 is 6.04 Å². The number of hydrogen-bond acceptors (Lipinski definition) is 3. The molecule has 0 heterocycles. The average molecular weight is 332 g/mol. The van der Waals surface area contributed by atoms with E-state index in [1.54, 1.807) is 0 Å². The molecule has 5 nitrogen and oxygen atoms in total. The van der Waals surface area contributed by atoms with Crippen LogP contribution in [-0.4, -0.2) is 49.6 Å². The van der Waals surface area contributed by atoms with Gasteiger partial charge in [-0.15, -0.1) is 0 Å². The topological polar surface area (TPSA) is 58.6 Å². The maximum atomic E-state index is 12.9. The number of carbonyl (C=O) groups is 2. The van der Waals surface area contributed by atoms with E-state index >= 15 is 0 Å². The maximum absolute atomic E-state index is 12.9. The molecule has 5 heteroatoms. The van der Waals surface area contributed by atoms with E-state index in [-0.39, 0.29) is 30.4 Å². The zero-order chi connectivity index (χ0) is 17.7. The number of nitrogens with zero attached hydrogens (tertiary/aromatic N) is 1. The lowest BCUT2D eigenvalue weighted by Gasteiger charge is -2.35. The van der Waals surface area contributed by atoms with E-state index in [9.17, 15) is 9.59 Å². The molecule has 2 rings (SSSR count). The van der Waals surface area contributed by atoms with E-state index in [4.69, 9.17) is 4.74 Å². The van der Waals surface area contributed by atoms with Crippen LogP contribution >= 0.6 is 0 Å². The minimum atomic E-state index is -0.519. The Morgan fingerprint density at radius 3 is 2.58 bits per heavy atom. The van der Waals surface area contributed by atoms with E-state index in [0.29, 0.717) is 0 Å². The Hall–Kier alpha value is -1.88. The molecule has 0 saturated heterocycles. The van der Waals surface area contributed by atoms with Gasteiger partial charge in [0.1, 0.15) is 12.6 Å². The number of benzene rings is 1. The quantitative estimate of drug-likeness (QED) is 0.864. The lowest BCUT2D eigenvalue weighted by molar-refractivity contribution is -0.139. The number of amides is 2. The molecule has 0 aliphatic heterocycles. The normalized spacial score (nSPS) is 18.0. The number of methoxy groups -OCH3 is 1. The smallest absolute Gasteiger partial charge is 0.246 e. The zero-order valence-electron chi connectivity index (χ0n) is 15.0. The Labute approximate surface area is 144 Å². The molecule has 24 heavy (non-hydrogen) atoms. The van der Waals surface area contributed by atoms with Gasteiger partial charge in [-0.25, -0.2) is 0 Å². The number of nitrogens with one attached hydrogen (secondary N) is 1. The summed E-state index contributed by atoms with van der Waals surface area (Å²) in [6.45, 7) is 3.86. The van der Waals surface area contributed by atoms with Gasteiger partial charge >= 0.3 is 0 Å². The lowest BCUT2D eigenvalue weighted by Crippen LogP contribution is -2.54. The van der Waals surface area contributed by atoms with E-state index in [1.807, 2.05) is 31.9 Å². The summed E-state index contributed by atoms with van der Waals surface area (Å²) in [5.74, 6) is -0.262. The molecule has 2 atom stereocenters. The van der Waals surface area contributed by atoms with E-state index in [1.165, 1.54) is 18.2 Å². The summed E-state index contributed by atoms with van der Waals surface area (Å²) in [5.41, 5.74) is 2.70. The van der Waals surface area contributed by atoms with Crippen molar-refractivity contribution in [2.24, 2.45) is 5.92 Å². The van der Waals surface area contributed by atoms with Gasteiger partial charge in [-0.05, 0) is 36.3 Å². The third-order valence-corrected chi connectivity index (χ3v) is 4.74. The van der Waals surface area contributed by atoms with Crippen molar-refractivity contribution < 1.29 is 14.3 Å². The van der Waals surface area contributed by atoms with Gasteiger partial charge in [0.25, 0.3) is 0 Å². The van der Waals surface area contributed by atoms with E-state index in [2.05, 4.69) is 23.5 Å². The highest BCUT2D eigenvalue weighted by Gasteiger charge is 2.31. The van der Waals surface area contributed by atoms with Crippen molar-refractivity contribution >= 4 is 11.8 Å². The minimum absolute atomic E-state index is 0.0247. The van der Waals surface area contributed by atoms with Gasteiger partial charge in [-0.3, -0.25) is 9.59 Å². The first kappa shape index (κ1) is 18.5. The minimum Gasteiger partial charge on any atom is -0.375 e. The van der Waals surface area contributed by atoms with Crippen LogP contribution < -0.4 is 5.32 Å². The molecule has 0 bridgehead atoms. The third kappa shape index (κ3) is 4.35. The van der Waals surface area contributed by atoms with Crippen LogP contribution in [0.4, 0.5) is 0 Å². The number of fused-ring (bicyclic) bond motifs is 1. The van der Waals surface area contributed by atoms with Crippen LogP contribution in [0.2, 0.25) is 0 Å². The largest absolute Gasteiger partial charge is 0.375 e. The summed E-state index contributed by atoms with van der Waals surface area (Å²) < 4.78 is 4.84. The van der Waals surface area contributed by atoms with Crippen molar-refractivity contribution in [1.82, 2.24) is 10.2 Å². The van der Waals surface area contributed by atoms with Gasteiger partial charge < -0.3 is 15.0 Å². The fourth-order valence-corrected chi connectivity index (χ4v) is 3.27. The Morgan fingerprint density at radius 2 is 1.96 bits per heavy atom. The van der Waals surface area contributed by atoms with Crippen molar-refractivity contribution in [2.75, 3.05) is 20.8 Å². The molecular formula is C19H28N2O3. The second-order valence-electron chi connectivity index (χ2n) is 6.84. The standard InChI is InChI=1S/C19H28N2O3/c1-13(2)18(20-17(22)12-24-4)19(23)21(3)16-10-9-14-7-5-6-8-15(14)11-16/h5-8,13,16,18H,9-12H2,1-4H3,(H,20,22)/t16-,18-/m0/s1. The number of hydrogen-bond donors (Lipinski definition) is 1. The summed E-state index contributed by atoms with van der Waals surface area (Å²) in [6, 6.07) is 8.07. The monoisotopic (exact) mass is 332 g/mol. The van der Waals surface area contributed by atoms with Crippen LogP contribution in [0.1, 0.15) is 31.4 Å². The van der Waals surface area contributed by atoms with Crippen LogP contribution in [0.3, 0.4) is 0 Å². The number of ether oxygens (including phenoxy) is 1. The highest BCUT2D eigenvalue weighted by atomic mass is 16.5. The van der Waals surface area contributed by atoms with Crippen LogP contribution in [0.25, 0.3) is 0 Å². The molecule has 0 radical (unpaired) electrons. The molecule has 0 spiro atoms. The molecule has 2 amide bonds. The number of likely N-dealkylation sites (N-methyl/N-ethyl adjacent to an activating group) is 1. The maximum Gasteiger partial charge on any atom is 0.246 e. The number of rotatable bonds is 6. The van der Waals surface area contributed by atoms with Gasteiger partial charge in [0.2, 0.25) is 11.8 Å². The molecule has 1 aromatic carbocycles. The summed E-state index contributed by atoms with van der Waals surface area (Å²) >= 11 is 0. The van der Waals surface area contributed by atoms with Crippen molar-refractivity contribution in [3.63, 3.8) is 0 Å². The molecule has 0 fully saturated rings. The molecule has 1 aliphatic carbocycles. The van der Waals surface area contributed by atoms with Crippen LogP contribution in [0, 0.1) is 5.92 Å². The van der Waals surface area contributed by atoms with Crippen LogP contribution in [-0.2, 0) is 27.2 Å². The molecule has 0 saturated carbocycles. The Bertz CT molecular complexity index is 586. The highest BCUT2D eigenvalue weighted by Crippen LogP contribution is 2.24. The van der Waals surface area contributed by atoms with Gasteiger partial charge in [0.05, 0.1) is 0 Å². The first-order valence-electron chi connectivity index (χ1n) is 8.55. The van der Waals surface area contributed by atoms with E-state index in [0.717, 1.165) is 19.3 Å². The molecule has 0 unspecified atom stereocenters. The number of carbonyl (C=O) groups excluding carboxylic acids is 2. The molecule has 0 aromatic heterocycles. The predicted molar refractivity (Wildman–Crippen MR) is 93.7 cm³/mol. The van der Waals surface area contributed by atoms with Crippen molar-refractivity contribution in [2.45, 2.75) is 45.2 Å². The fraction of sp³-hybridized carbons (Fsp3) is 0.579. The van der Waals surface area contributed by atoms with Gasteiger partial charge in [-0.1, -0.05) is 38.1 Å². The predicted octanol–water partition coefficient (Wildman–Crippen LogP) is 1.79. The summed E-state index contributed by atoms with van der Waals surface area (Å²) in [6.07, 6.45) is 2.81. The fourth-order valence-electron chi connectivity index (χ4n) is 3.27. The molecule has 1 N–H and O–H groups in total. The highest BCUT2D eigenvalue weighted by molar-refractivity contribution is 5.88. The zero-order valence-corrected chi connectivity index (χ0v) is 15.0. The first-order chi connectivity index (χ1) is 11.4. The van der Waals surface area contributed by atoms with Gasteiger partial charge in [0, 0.05) is 20.2 Å². The first-order valence-corrected chi connectivity index (χ1v) is 8.55. The average Bonchev–Trinajstić information content (AvgIpc) is 2.58. The summed E-state index contributed by atoms with van der Waals surface area (Å²) in [4.78, 5) is 26.5. The summed E-state index contributed by atoms with van der Waals surface area (Å²) in [7, 11) is 3.32. The SMILES string of the molecule is COCC(=O)N[C@H](C(=O)N(C)[C@H]1CCc2ccccc2C1)C(C)C. The van der Waals surface area contributed by atoms with Crippen molar-refractivity contribution in [3.05, 3.63) is 35.4 Å². The molecule has 132 valence electrons. The second kappa shape index (κ2) is 8.29.